The van der Waals surface area contributed by atoms with Gasteiger partial charge in [-0.1, -0.05) is 42.5 Å². The van der Waals surface area contributed by atoms with Crippen molar-refractivity contribution in [3.05, 3.63) is 61.1 Å². The summed E-state index contributed by atoms with van der Waals surface area (Å²) in [6, 6.07) is 15.8. The Morgan fingerprint density at radius 3 is 2.50 bits per heavy atom. The van der Waals surface area contributed by atoms with Crippen molar-refractivity contribution in [2.24, 2.45) is 0 Å². The van der Waals surface area contributed by atoms with Gasteiger partial charge in [0.15, 0.2) is 6.33 Å². The van der Waals surface area contributed by atoms with Crippen LogP contribution in [0.25, 0.3) is 33.1 Å². The van der Waals surface area contributed by atoms with Gasteiger partial charge in [-0.25, -0.2) is 9.97 Å². The zero-order chi connectivity index (χ0) is 13.4. The lowest BCUT2D eigenvalue weighted by molar-refractivity contribution is 1.04. The molecule has 0 atom stereocenters. The van der Waals surface area contributed by atoms with E-state index in [1.165, 1.54) is 0 Å². The molecule has 0 unspecified atom stereocenters. The van der Waals surface area contributed by atoms with Crippen molar-refractivity contribution in [1.29, 1.82) is 0 Å². The Kier molecular flexibility index (Phi) is 2.39. The van der Waals surface area contributed by atoms with E-state index < -0.39 is 0 Å². The van der Waals surface area contributed by atoms with Crippen molar-refractivity contribution in [1.82, 2.24) is 20.2 Å². The molecule has 2 aromatic heterocycles. The molecule has 0 aliphatic carbocycles. The van der Waals surface area contributed by atoms with Crippen molar-refractivity contribution < 1.29 is 0 Å². The van der Waals surface area contributed by atoms with Crippen LogP contribution < -0.4 is 0 Å². The standard InChI is InChI=1S/C16H9N4/c1-2-6-12-11(5-1)9-19-20-16(12)15-13-7-3-4-8-14(13)17-10-18-15/h1-9H. The van der Waals surface area contributed by atoms with Crippen molar-refractivity contribution in [2.75, 3.05) is 0 Å². The lowest BCUT2D eigenvalue weighted by Crippen LogP contribution is -1.94. The largest absolute Gasteiger partial charge is 0.225 e. The molecule has 93 valence electrons. The SMILES string of the molecule is [c]1nc(-c2nncc3ccccc23)c2ccccc2n1. The molecule has 0 aliphatic heterocycles. The number of rotatable bonds is 1. The van der Waals surface area contributed by atoms with Crippen LogP contribution in [-0.2, 0) is 0 Å². The molecule has 0 saturated heterocycles. The molecule has 2 heterocycles. The molecule has 0 amide bonds. The third kappa shape index (κ3) is 1.62. The highest BCUT2D eigenvalue weighted by Gasteiger charge is 2.11. The first kappa shape index (κ1) is 11.0. The number of nitrogens with zero attached hydrogens (tertiary/aromatic N) is 4. The normalized spacial score (nSPS) is 11.0. The Hall–Kier alpha value is -2.88. The zero-order valence-electron chi connectivity index (χ0n) is 10.5. The number of hydrogen-bond donors (Lipinski definition) is 0. The van der Waals surface area contributed by atoms with Crippen molar-refractivity contribution in [2.45, 2.75) is 0 Å². The number of para-hydroxylation sites is 1. The van der Waals surface area contributed by atoms with E-state index in [4.69, 9.17) is 0 Å². The van der Waals surface area contributed by atoms with Gasteiger partial charge in [0.05, 0.1) is 11.7 Å². The van der Waals surface area contributed by atoms with Crippen LogP contribution in [0.15, 0.2) is 54.7 Å². The predicted molar refractivity (Wildman–Crippen MR) is 76.9 cm³/mol. The summed E-state index contributed by atoms with van der Waals surface area (Å²) in [6.07, 6.45) is 4.46. The quantitative estimate of drug-likeness (QED) is 0.526. The van der Waals surface area contributed by atoms with Gasteiger partial charge in [0.1, 0.15) is 11.4 Å². The summed E-state index contributed by atoms with van der Waals surface area (Å²) < 4.78 is 0. The molecule has 1 radical (unpaired) electrons. The lowest BCUT2D eigenvalue weighted by Gasteiger charge is -2.06. The van der Waals surface area contributed by atoms with E-state index in [-0.39, 0.29) is 0 Å². The Morgan fingerprint density at radius 1 is 0.750 bits per heavy atom. The molecule has 2 aromatic carbocycles. The van der Waals surface area contributed by atoms with E-state index in [9.17, 15) is 0 Å². The summed E-state index contributed by atoms with van der Waals surface area (Å²) in [5.74, 6) is 0. The fraction of sp³-hybridized carbons (Fsp3) is 0. The Balaban J connectivity index is 2.12. The van der Waals surface area contributed by atoms with E-state index in [2.05, 4.69) is 26.5 Å². The first-order valence-electron chi connectivity index (χ1n) is 6.27. The summed E-state index contributed by atoms with van der Waals surface area (Å²) in [7, 11) is 0. The van der Waals surface area contributed by atoms with Crippen LogP contribution in [0.1, 0.15) is 0 Å². The van der Waals surface area contributed by atoms with Gasteiger partial charge >= 0.3 is 0 Å². The third-order valence-electron chi connectivity index (χ3n) is 3.29. The molecule has 4 heteroatoms. The molecule has 20 heavy (non-hydrogen) atoms. The maximum absolute atomic E-state index is 4.29. The number of aromatic nitrogens is 4. The molecular formula is C16H9N4. The van der Waals surface area contributed by atoms with Crippen LogP contribution in [0.3, 0.4) is 0 Å². The second-order valence-electron chi connectivity index (χ2n) is 4.47. The van der Waals surface area contributed by atoms with E-state index in [0.29, 0.717) is 0 Å². The number of hydrogen-bond acceptors (Lipinski definition) is 4. The van der Waals surface area contributed by atoms with Crippen molar-refractivity contribution in [3.63, 3.8) is 0 Å². The minimum atomic E-state index is 0.762. The first-order chi connectivity index (χ1) is 9.93. The molecule has 4 nitrogen and oxygen atoms in total. The van der Waals surface area contributed by atoms with Gasteiger partial charge in [-0.3, -0.25) is 0 Å². The molecule has 4 rings (SSSR count). The van der Waals surface area contributed by atoms with Crippen molar-refractivity contribution >= 4 is 21.7 Å². The Labute approximate surface area is 115 Å². The lowest BCUT2D eigenvalue weighted by atomic mass is 10.1. The first-order valence-corrected chi connectivity index (χ1v) is 6.27. The van der Waals surface area contributed by atoms with E-state index in [1.807, 2.05) is 48.5 Å². The second-order valence-corrected chi connectivity index (χ2v) is 4.47. The summed E-state index contributed by atoms with van der Waals surface area (Å²) in [5, 5.41) is 11.4. The van der Waals surface area contributed by atoms with Gasteiger partial charge < -0.3 is 0 Å². The molecular weight excluding hydrogens is 248 g/mol. The van der Waals surface area contributed by atoms with Crippen LogP contribution in [0.5, 0.6) is 0 Å². The highest BCUT2D eigenvalue weighted by atomic mass is 15.1. The summed E-state index contributed by atoms with van der Waals surface area (Å²) in [6.45, 7) is 0. The van der Waals surface area contributed by atoms with Crippen LogP contribution in [0.2, 0.25) is 0 Å². The summed E-state index contributed by atoms with van der Waals surface area (Å²) in [4.78, 5) is 8.45. The van der Waals surface area contributed by atoms with E-state index >= 15 is 0 Å². The van der Waals surface area contributed by atoms with E-state index in [0.717, 1.165) is 33.1 Å². The topological polar surface area (TPSA) is 51.6 Å². The zero-order valence-corrected chi connectivity index (χ0v) is 10.5. The minimum Gasteiger partial charge on any atom is -0.225 e. The van der Waals surface area contributed by atoms with Gasteiger partial charge in [-0.05, 0) is 6.07 Å². The molecule has 0 N–H and O–H groups in total. The van der Waals surface area contributed by atoms with Crippen LogP contribution in [-0.4, -0.2) is 20.2 Å². The van der Waals surface area contributed by atoms with Gasteiger partial charge in [0.25, 0.3) is 0 Å². The molecule has 0 saturated carbocycles. The van der Waals surface area contributed by atoms with Crippen molar-refractivity contribution in [3.8, 4) is 11.4 Å². The number of benzene rings is 2. The highest BCUT2D eigenvalue weighted by Crippen LogP contribution is 2.28. The smallest absolute Gasteiger partial charge is 0.199 e. The fourth-order valence-corrected chi connectivity index (χ4v) is 2.34. The highest BCUT2D eigenvalue weighted by molar-refractivity contribution is 6.00. The Bertz CT molecular complexity index is 830. The van der Waals surface area contributed by atoms with Gasteiger partial charge in [0, 0.05) is 16.2 Å². The maximum atomic E-state index is 4.29. The van der Waals surface area contributed by atoms with Gasteiger partial charge in [0.2, 0.25) is 0 Å². The minimum absolute atomic E-state index is 0.762. The molecule has 0 aliphatic rings. The summed E-state index contributed by atoms with van der Waals surface area (Å²) in [5.41, 5.74) is 2.38. The monoisotopic (exact) mass is 257 g/mol. The molecule has 0 spiro atoms. The molecule has 4 aromatic rings. The average molecular weight is 257 g/mol. The molecule has 0 bridgehead atoms. The summed E-state index contributed by atoms with van der Waals surface area (Å²) >= 11 is 0. The third-order valence-corrected chi connectivity index (χ3v) is 3.29. The predicted octanol–water partition coefficient (Wildman–Crippen LogP) is 3.04. The Morgan fingerprint density at radius 2 is 1.55 bits per heavy atom. The van der Waals surface area contributed by atoms with Crippen LogP contribution >= 0.6 is 0 Å². The van der Waals surface area contributed by atoms with Crippen LogP contribution in [0, 0.1) is 6.33 Å². The van der Waals surface area contributed by atoms with Gasteiger partial charge in [-0.2, -0.15) is 5.10 Å². The molecule has 0 fully saturated rings. The van der Waals surface area contributed by atoms with Gasteiger partial charge in [-0.15, -0.1) is 5.10 Å². The van der Waals surface area contributed by atoms with E-state index in [1.54, 1.807) is 6.20 Å². The maximum Gasteiger partial charge on any atom is 0.199 e. The number of fused-ring (bicyclic) bond motifs is 2. The fourth-order valence-electron chi connectivity index (χ4n) is 2.34. The average Bonchev–Trinajstić information content (AvgIpc) is 2.54. The second kappa shape index (κ2) is 4.35. The van der Waals surface area contributed by atoms with Crippen LogP contribution in [0.4, 0.5) is 0 Å².